The molecular formula is C14H15Cl2N3. The van der Waals surface area contributed by atoms with Crippen molar-refractivity contribution in [2.24, 2.45) is 13.0 Å². The van der Waals surface area contributed by atoms with Crippen molar-refractivity contribution in [2.45, 2.75) is 19.3 Å². The summed E-state index contributed by atoms with van der Waals surface area (Å²) in [6.07, 6.45) is 1.14. The van der Waals surface area contributed by atoms with Gasteiger partial charge in [-0.25, -0.2) is 0 Å². The lowest BCUT2D eigenvalue weighted by Crippen LogP contribution is -1.98. The maximum Gasteiger partial charge on any atom is 0.129 e. The molecule has 5 heteroatoms. The van der Waals surface area contributed by atoms with Crippen LogP contribution in [-0.4, -0.2) is 9.78 Å². The first-order chi connectivity index (χ1) is 9.00. The molecule has 0 radical (unpaired) electrons. The van der Waals surface area contributed by atoms with Gasteiger partial charge in [-0.3, -0.25) is 4.68 Å². The zero-order valence-corrected chi connectivity index (χ0v) is 12.3. The minimum atomic E-state index is 0.464. The largest absolute Gasteiger partial charge is 0.383 e. The zero-order valence-electron chi connectivity index (χ0n) is 10.8. The SMILES string of the molecule is CC1CC1c1nn(C)c(N)c1-c1c(Cl)cccc1Cl. The van der Waals surface area contributed by atoms with Crippen molar-refractivity contribution in [1.29, 1.82) is 0 Å². The van der Waals surface area contributed by atoms with E-state index in [2.05, 4.69) is 12.0 Å². The Labute approximate surface area is 122 Å². The van der Waals surface area contributed by atoms with Crippen molar-refractivity contribution < 1.29 is 0 Å². The monoisotopic (exact) mass is 295 g/mol. The lowest BCUT2D eigenvalue weighted by atomic mass is 10.0. The van der Waals surface area contributed by atoms with Crippen LogP contribution in [0.3, 0.4) is 0 Å². The zero-order chi connectivity index (χ0) is 13.7. The lowest BCUT2D eigenvalue weighted by molar-refractivity contribution is 0.743. The number of aromatic nitrogens is 2. The van der Waals surface area contributed by atoms with E-state index in [1.54, 1.807) is 4.68 Å². The summed E-state index contributed by atoms with van der Waals surface area (Å²) in [5.74, 6) is 1.73. The quantitative estimate of drug-likeness (QED) is 0.906. The molecule has 2 unspecified atom stereocenters. The molecule has 2 aromatic rings. The van der Waals surface area contributed by atoms with Gasteiger partial charge in [0.2, 0.25) is 0 Å². The summed E-state index contributed by atoms with van der Waals surface area (Å²) in [5, 5.41) is 5.78. The van der Waals surface area contributed by atoms with Gasteiger partial charge in [-0.2, -0.15) is 5.10 Å². The highest BCUT2D eigenvalue weighted by Crippen LogP contribution is 2.52. The van der Waals surface area contributed by atoms with Gasteiger partial charge < -0.3 is 5.73 Å². The summed E-state index contributed by atoms with van der Waals surface area (Å²) < 4.78 is 1.70. The Bertz CT molecular complexity index is 628. The highest BCUT2D eigenvalue weighted by molar-refractivity contribution is 6.39. The molecule has 1 aromatic heterocycles. The number of hydrogen-bond acceptors (Lipinski definition) is 2. The van der Waals surface area contributed by atoms with Crippen LogP contribution in [0.4, 0.5) is 5.82 Å². The number of rotatable bonds is 2. The molecule has 1 heterocycles. The molecule has 100 valence electrons. The molecule has 3 nitrogen and oxygen atoms in total. The Morgan fingerprint density at radius 3 is 2.37 bits per heavy atom. The third-order valence-electron chi connectivity index (χ3n) is 3.79. The second-order valence-corrected chi connectivity index (χ2v) is 6.00. The van der Waals surface area contributed by atoms with Crippen molar-refractivity contribution >= 4 is 29.0 Å². The number of anilines is 1. The molecule has 0 aliphatic heterocycles. The predicted octanol–water partition coefficient (Wildman–Crippen LogP) is 4.10. The van der Waals surface area contributed by atoms with Gasteiger partial charge in [-0.15, -0.1) is 0 Å². The number of nitrogen functional groups attached to an aromatic ring is 1. The Kier molecular flexibility index (Phi) is 2.99. The highest BCUT2D eigenvalue weighted by Gasteiger charge is 2.39. The van der Waals surface area contributed by atoms with Gasteiger partial charge in [0.15, 0.2) is 0 Å². The number of halogens is 2. The molecule has 1 saturated carbocycles. The molecule has 3 rings (SSSR count). The number of hydrogen-bond donors (Lipinski definition) is 1. The summed E-state index contributed by atoms with van der Waals surface area (Å²) in [4.78, 5) is 0. The summed E-state index contributed by atoms with van der Waals surface area (Å²) in [6, 6.07) is 5.49. The lowest BCUT2D eigenvalue weighted by Gasteiger charge is -2.08. The molecule has 1 aromatic carbocycles. The van der Waals surface area contributed by atoms with Gasteiger partial charge in [-0.05, 0) is 24.5 Å². The number of aryl methyl sites for hydroxylation is 1. The topological polar surface area (TPSA) is 43.8 Å². The van der Waals surface area contributed by atoms with Crippen molar-refractivity contribution in [1.82, 2.24) is 9.78 Å². The van der Waals surface area contributed by atoms with Crippen LogP contribution in [-0.2, 0) is 7.05 Å². The molecule has 19 heavy (non-hydrogen) atoms. The Morgan fingerprint density at radius 1 is 1.26 bits per heavy atom. The van der Waals surface area contributed by atoms with Gasteiger partial charge in [0.25, 0.3) is 0 Å². The standard InChI is InChI=1S/C14H15Cl2N3/c1-7-6-8(7)13-12(14(17)19(2)18-13)11-9(15)4-3-5-10(11)16/h3-5,7-8H,6,17H2,1-2H3. The van der Waals surface area contributed by atoms with E-state index in [-0.39, 0.29) is 0 Å². The van der Waals surface area contributed by atoms with Gasteiger partial charge in [0, 0.05) is 18.5 Å². The summed E-state index contributed by atoms with van der Waals surface area (Å²) in [7, 11) is 1.85. The second kappa shape index (κ2) is 4.43. The van der Waals surface area contributed by atoms with Crippen LogP contribution in [0.5, 0.6) is 0 Å². The van der Waals surface area contributed by atoms with E-state index < -0.39 is 0 Å². The van der Waals surface area contributed by atoms with E-state index >= 15 is 0 Å². The molecule has 0 amide bonds. The van der Waals surface area contributed by atoms with Crippen LogP contribution < -0.4 is 5.73 Å². The van der Waals surface area contributed by atoms with Crippen LogP contribution in [0.25, 0.3) is 11.1 Å². The third-order valence-corrected chi connectivity index (χ3v) is 4.42. The van der Waals surface area contributed by atoms with Crippen molar-refractivity contribution in [2.75, 3.05) is 5.73 Å². The molecule has 2 atom stereocenters. The Morgan fingerprint density at radius 2 is 1.84 bits per heavy atom. The number of nitrogens with zero attached hydrogens (tertiary/aromatic N) is 2. The van der Waals surface area contributed by atoms with E-state index in [0.717, 1.165) is 23.2 Å². The Hall–Kier alpha value is -1.19. The molecule has 1 aliphatic carbocycles. The molecule has 1 aliphatic rings. The first-order valence-corrected chi connectivity index (χ1v) is 7.03. The molecule has 0 saturated heterocycles. The van der Waals surface area contributed by atoms with E-state index in [4.69, 9.17) is 28.9 Å². The average Bonchev–Trinajstić information content (AvgIpc) is 3.00. The molecular weight excluding hydrogens is 281 g/mol. The number of benzene rings is 1. The normalized spacial score (nSPS) is 21.7. The van der Waals surface area contributed by atoms with Gasteiger partial charge >= 0.3 is 0 Å². The maximum atomic E-state index is 6.30. The van der Waals surface area contributed by atoms with E-state index in [9.17, 15) is 0 Å². The highest BCUT2D eigenvalue weighted by atomic mass is 35.5. The second-order valence-electron chi connectivity index (χ2n) is 5.19. The van der Waals surface area contributed by atoms with Gasteiger partial charge in [0.05, 0.1) is 21.3 Å². The smallest absolute Gasteiger partial charge is 0.129 e. The minimum Gasteiger partial charge on any atom is -0.383 e. The predicted molar refractivity (Wildman–Crippen MR) is 79.6 cm³/mol. The fourth-order valence-corrected chi connectivity index (χ4v) is 3.10. The maximum absolute atomic E-state index is 6.30. The average molecular weight is 296 g/mol. The van der Waals surface area contributed by atoms with Crippen molar-refractivity contribution in [3.63, 3.8) is 0 Å². The summed E-state index contributed by atoms with van der Waals surface area (Å²) in [5.41, 5.74) is 8.88. The number of nitrogens with two attached hydrogens (primary N) is 1. The van der Waals surface area contributed by atoms with E-state index in [0.29, 0.717) is 27.7 Å². The molecule has 1 fully saturated rings. The van der Waals surface area contributed by atoms with Crippen LogP contribution >= 0.6 is 23.2 Å². The third kappa shape index (κ3) is 2.01. The van der Waals surface area contributed by atoms with Crippen LogP contribution in [0.2, 0.25) is 10.0 Å². The van der Waals surface area contributed by atoms with Crippen LogP contribution in [0.1, 0.15) is 25.0 Å². The fraction of sp³-hybridized carbons (Fsp3) is 0.357. The molecule has 0 spiro atoms. The Balaban J connectivity index is 2.24. The van der Waals surface area contributed by atoms with E-state index in [1.165, 1.54) is 0 Å². The van der Waals surface area contributed by atoms with Crippen molar-refractivity contribution in [3.05, 3.63) is 33.9 Å². The summed E-state index contributed by atoms with van der Waals surface area (Å²) in [6.45, 7) is 2.22. The van der Waals surface area contributed by atoms with Crippen LogP contribution in [0, 0.1) is 5.92 Å². The molecule has 0 bridgehead atoms. The minimum absolute atomic E-state index is 0.464. The first kappa shape index (κ1) is 12.8. The molecule has 2 N–H and O–H groups in total. The fourth-order valence-electron chi connectivity index (χ4n) is 2.51. The van der Waals surface area contributed by atoms with Crippen LogP contribution in [0.15, 0.2) is 18.2 Å². The summed E-state index contributed by atoms with van der Waals surface area (Å²) >= 11 is 12.6. The first-order valence-electron chi connectivity index (χ1n) is 6.27. The van der Waals surface area contributed by atoms with Crippen molar-refractivity contribution in [3.8, 4) is 11.1 Å². The van der Waals surface area contributed by atoms with Gasteiger partial charge in [-0.1, -0.05) is 36.2 Å². The van der Waals surface area contributed by atoms with E-state index in [1.807, 2.05) is 25.2 Å². The van der Waals surface area contributed by atoms with Gasteiger partial charge in [0.1, 0.15) is 5.82 Å².